The van der Waals surface area contributed by atoms with Gasteiger partial charge in [-0.15, -0.1) is 0 Å². The first-order chi connectivity index (χ1) is 10.1. The number of hydrogen-bond donors (Lipinski definition) is 0. The molecular formula is C14H18N2O4S. The van der Waals surface area contributed by atoms with Crippen LogP contribution >= 0.6 is 11.8 Å². The Morgan fingerprint density at radius 3 is 2.81 bits per heavy atom. The minimum Gasteiger partial charge on any atom is -0.484 e. The molecule has 1 aliphatic rings. The number of hydrogen-bond acceptors (Lipinski definition) is 5. The molecule has 1 fully saturated rings. The third kappa shape index (κ3) is 4.35. The summed E-state index contributed by atoms with van der Waals surface area (Å²) in [6.45, 7) is 2.76. The van der Waals surface area contributed by atoms with Crippen molar-refractivity contribution in [2.24, 2.45) is 0 Å². The van der Waals surface area contributed by atoms with E-state index in [0.29, 0.717) is 5.75 Å². The summed E-state index contributed by atoms with van der Waals surface area (Å²) in [6, 6.07) is 5.98. The van der Waals surface area contributed by atoms with E-state index in [-0.39, 0.29) is 24.2 Å². The van der Waals surface area contributed by atoms with Crippen molar-refractivity contribution >= 4 is 23.4 Å². The SMILES string of the molecule is CC1CCSCCN1C(=O)COc1ccc([N+](=O)[O-])cc1. The Bertz CT molecular complexity index is 506. The predicted octanol–water partition coefficient (Wildman–Crippen LogP) is 2.33. The van der Waals surface area contributed by atoms with E-state index in [2.05, 4.69) is 6.92 Å². The Kier molecular flexibility index (Phi) is 5.44. The van der Waals surface area contributed by atoms with E-state index >= 15 is 0 Å². The number of nitrogens with zero attached hydrogens (tertiary/aromatic N) is 2. The molecule has 114 valence electrons. The van der Waals surface area contributed by atoms with Gasteiger partial charge in [-0.3, -0.25) is 14.9 Å². The Morgan fingerprint density at radius 1 is 1.43 bits per heavy atom. The molecule has 1 unspecified atom stereocenters. The van der Waals surface area contributed by atoms with Crippen molar-refractivity contribution < 1.29 is 14.5 Å². The fourth-order valence-corrected chi connectivity index (χ4v) is 3.20. The number of amides is 1. The van der Waals surface area contributed by atoms with Gasteiger partial charge in [0.05, 0.1) is 4.92 Å². The van der Waals surface area contributed by atoms with E-state index < -0.39 is 4.92 Å². The zero-order chi connectivity index (χ0) is 15.2. The first kappa shape index (κ1) is 15.6. The standard InChI is InChI=1S/C14H18N2O4S/c1-11-6-8-21-9-7-15(11)14(17)10-20-13-4-2-12(3-5-13)16(18)19/h2-5,11H,6-10H2,1H3. The first-order valence-corrected chi connectivity index (χ1v) is 7.98. The fraction of sp³-hybridized carbons (Fsp3) is 0.500. The van der Waals surface area contributed by atoms with Gasteiger partial charge in [-0.25, -0.2) is 0 Å². The molecule has 0 bridgehead atoms. The minimum atomic E-state index is -0.467. The van der Waals surface area contributed by atoms with Crippen molar-refractivity contribution in [3.8, 4) is 5.75 Å². The van der Waals surface area contributed by atoms with E-state index in [4.69, 9.17) is 4.74 Å². The summed E-state index contributed by atoms with van der Waals surface area (Å²) in [7, 11) is 0. The summed E-state index contributed by atoms with van der Waals surface area (Å²) < 4.78 is 5.42. The summed E-state index contributed by atoms with van der Waals surface area (Å²) in [4.78, 5) is 24.1. The Balaban J connectivity index is 1.89. The second-order valence-corrected chi connectivity index (χ2v) is 6.10. The van der Waals surface area contributed by atoms with Crippen LogP contribution in [0.1, 0.15) is 13.3 Å². The smallest absolute Gasteiger partial charge is 0.269 e. The van der Waals surface area contributed by atoms with Gasteiger partial charge in [0.1, 0.15) is 5.75 Å². The van der Waals surface area contributed by atoms with Crippen LogP contribution < -0.4 is 4.74 Å². The maximum absolute atomic E-state index is 12.2. The molecule has 1 heterocycles. The van der Waals surface area contributed by atoms with Gasteiger partial charge in [-0.2, -0.15) is 11.8 Å². The number of carbonyl (C=O) groups excluding carboxylic acids is 1. The second-order valence-electron chi connectivity index (χ2n) is 4.88. The quantitative estimate of drug-likeness (QED) is 0.630. The molecule has 7 heteroatoms. The molecule has 1 atom stereocenters. The van der Waals surface area contributed by atoms with Crippen molar-refractivity contribution in [1.82, 2.24) is 4.90 Å². The second kappa shape index (κ2) is 7.31. The highest BCUT2D eigenvalue weighted by Gasteiger charge is 2.22. The highest BCUT2D eigenvalue weighted by molar-refractivity contribution is 7.99. The van der Waals surface area contributed by atoms with E-state index in [9.17, 15) is 14.9 Å². The number of ether oxygens (including phenoxy) is 1. The fourth-order valence-electron chi connectivity index (χ4n) is 2.16. The maximum Gasteiger partial charge on any atom is 0.269 e. The number of nitro groups is 1. The molecule has 1 aromatic rings. The maximum atomic E-state index is 12.2. The summed E-state index contributed by atoms with van der Waals surface area (Å²) >= 11 is 1.86. The molecule has 1 saturated heterocycles. The molecule has 1 aliphatic heterocycles. The molecule has 0 saturated carbocycles. The van der Waals surface area contributed by atoms with Gasteiger partial charge in [0.25, 0.3) is 11.6 Å². The van der Waals surface area contributed by atoms with Gasteiger partial charge >= 0.3 is 0 Å². The normalized spacial score (nSPS) is 18.9. The third-order valence-corrected chi connectivity index (χ3v) is 4.41. The largest absolute Gasteiger partial charge is 0.484 e. The van der Waals surface area contributed by atoms with Crippen LogP contribution in [0.3, 0.4) is 0 Å². The summed E-state index contributed by atoms with van der Waals surface area (Å²) in [5.74, 6) is 2.45. The van der Waals surface area contributed by atoms with Crippen LogP contribution in [-0.2, 0) is 4.79 Å². The summed E-state index contributed by atoms with van der Waals surface area (Å²) in [5.41, 5.74) is 0.00633. The van der Waals surface area contributed by atoms with Crippen LogP contribution in [0.25, 0.3) is 0 Å². The molecule has 2 rings (SSSR count). The van der Waals surface area contributed by atoms with Crippen LogP contribution in [-0.4, -0.2) is 46.4 Å². The lowest BCUT2D eigenvalue weighted by atomic mass is 10.2. The zero-order valence-corrected chi connectivity index (χ0v) is 12.7. The number of benzene rings is 1. The van der Waals surface area contributed by atoms with Gasteiger partial charge in [0.2, 0.25) is 0 Å². The molecule has 0 aromatic heterocycles. The minimum absolute atomic E-state index is 0.00633. The van der Waals surface area contributed by atoms with Crippen molar-refractivity contribution in [2.45, 2.75) is 19.4 Å². The molecule has 0 aliphatic carbocycles. The van der Waals surface area contributed by atoms with Crippen LogP contribution in [0.2, 0.25) is 0 Å². The highest BCUT2D eigenvalue weighted by atomic mass is 32.2. The van der Waals surface area contributed by atoms with Crippen molar-refractivity contribution in [3.63, 3.8) is 0 Å². The van der Waals surface area contributed by atoms with Crippen LogP contribution in [0, 0.1) is 10.1 Å². The van der Waals surface area contributed by atoms with Crippen LogP contribution in [0.5, 0.6) is 5.75 Å². The molecule has 6 nitrogen and oxygen atoms in total. The molecule has 0 radical (unpaired) electrons. The lowest BCUT2D eigenvalue weighted by Crippen LogP contribution is -2.41. The number of non-ortho nitro benzene ring substituents is 1. The van der Waals surface area contributed by atoms with Crippen LogP contribution in [0.15, 0.2) is 24.3 Å². The van der Waals surface area contributed by atoms with E-state index in [1.807, 2.05) is 16.7 Å². The lowest BCUT2D eigenvalue weighted by molar-refractivity contribution is -0.384. The zero-order valence-electron chi connectivity index (χ0n) is 11.9. The number of nitro benzene ring substituents is 1. The third-order valence-electron chi connectivity index (χ3n) is 3.42. The monoisotopic (exact) mass is 310 g/mol. The molecule has 21 heavy (non-hydrogen) atoms. The average molecular weight is 310 g/mol. The highest BCUT2D eigenvalue weighted by Crippen LogP contribution is 2.19. The van der Waals surface area contributed by atoms with Gasteiger partial charge in [-0.05, 0) is 31.2 Å². The van der Waals surface area contributed by atoms with Crippen LogP contribution in [0.4, 0.5) is 5.69 Å². The first-order valence-electron chi connectivity index (χ1n) is 6.82. The van der Waals surface area contributed by atoms with Gasteiger partial charge in [0.15, 0.2) is 6.61 Å². The van der Waals surface area contributed by atoms with E-state index in [1.54, 1.807) is 0 Å². The molecule has 0 spiro atoms. The van der Waals surface area contributed by atoms with Gasteiger partial charge < -0.3 is 9.64 Å². The van der Waals surface area contributed by atoms with E-state index in [1.165, 1.54) is 24.3 Å². The predicted molar refractivity (Wildman–Crippen MR) is 81.7 cm³/mol. The van der Waals surface area contributed by atoms with E-state index in [0.717, 1.165) is 24.5 Å². The van der Waals surface area contributed by atoms with Gasteiger partial charge in [-0.1, -0.05) is 0 Å². The topological polar surface area (TPSA) is 72.7 Å². The number of carbonyl (C=O) groups is 1. The number of rotatable bonds is 4. The van der Waals surface area contributed by atoms with Crippen molar-refractivity contribution in [1.29, 1.82) is 0 Å². The summed E-state index contributed by atoms with van der Waals surface area (Å²) in [5, 5.41) is 10.6. The summed E-state index contributed by atoms with van der Waals surface area (Å²) in [6.07, 6.45) is 0.994. The Morgan fingerprint density at radius 2 is 2.14 bits per heavy atom. The molecular weight excluding hydrogens is 292 g/mol. The number of thioether (sulfide) groups is 1. The van der Waals surface area contributed by atoms with Gasteiger partial charge in [0, 0.05) is 30.5 Å². The molecule has 1 aromatic carbocycles. The Labute approximate surface area is 127 Å². The van der Waals surface area contributed by atoms with Crippen molar-refractivity contribution in [3.05, 3.63) is 34.4 Å². The molecule has 1 amide bonds. The lowest BCUT2D eigenvalue weighted by Gasteiger charge is -2.26. The Hall–Kier alpha value is -1.76. The average Bonchev–Trinajstić information content (AvgIpc) is 2.70. The van der Waals surface area contributed by atoms with Crippen molar-refractivity contribution in [2.75, 3.05) is 24.7 Å². The molecule has 0 N–H and O–H groups in total.